The molecule has 12 rings (SSSR count). The van der Waals surface area contributed by atoms with Crippen LogP contribution in [0.4, 0.5) is 39.8 Å². The van der Waals surface area contributed by atoms with E-state index in [0.29, 0.717) is 6.67 Å². The summed E-state index contributed by atoms with van der Waals surface area (Å²) in [6.07, 6.45) is 1.92. The van der Waals surface area contributed by atoms with Gasteiger partial charge in [0.2, 0.25) is 0 Å². The Hall–Kier alpha value is -7.71. The Labute approximate surface area is 373 Å². The molecule has 0 N–H and O–H groups in total. The number of nitrogens with zero attached hydrogens (tertiary/aromatic N) is 5. The number of pyridine rings is 1. The predicted octanol–water partition coefficient (Wildman–Crippen LogP) is 15.5. The van der Waals surface area contributed by atoms with Crippen LogP contribution in [0.25, 0.3) is 27.6 Å². The lowest BCUT2D eigenvalue weighted by molar-refractivity contribution is 0.446. The number of benzene rings is 7. The fourth-order valence-electron chi connectivity index (χ4n) is 9.46. The molecule has 0 amide bonds. The first-order valence-electron chi connectivity index (χ1n) is 22.0. The van der Waals surface area contributed by atoms with E-state index in [2.05, 4.69) is 182 Å². The van der Waals surface area contributed by atoms with Gasteiger partial charge in [0.1, 0.15) is 29.7 Å². The monoisotopic (exact) mass is 837 g/mol. The molecule has 0 unspecified atom stereocenters. The number of para-hydroxylation sites is 7. The van der Waals surface area contributed by atoms with Crippen molar-refractivity contribution in [3.63, 3.8) is 0 Å². The van der Waals surface area contributed by atoms with Crippen molar-refractivity contribution < 1.29 is 14.2 Å². The topological polar surface area (TPSA) is 55.2 Å². The highest BCUT2D eigenvalue weighted by Gasteiger charge is 2.37. The fraction of sp³-hybridized carbons (Fsp3) is 0.161. The molecule has 3 aliphatic heterocycles. The summed E-state index contributed by atoms with van der Waals surface area (Å²) in [5, 5.41) is 2.33. The van der Waals surface area contributed by atoms with Gasteiger partial charge in [-0.05, 0) is 101 Å². The summed E-state index contributed by atoms with van der Waals surface area (Å²) < 4.78 is 22.6. The molecule has 8 nitrogen and oxygen atoms in total. The van der Waals surface area contributed by atoms with Crippen molar-refractivity contribution in [1.82, 2.24) is 9.55 Å². The number of aromatic nitrogens is 2. The van der Waals surface area contributed by atoms with Crippen molar-refractivity contribution in [3.05, 3.63) is 175 Å². The second-order valence-corrected chi connectivity index (χ2v) is 19.0. The maximum Gasteiger partial charge on any atom is 0.157 e. The molecule has 64 heavy (non-hydrogen) atoms. The fourth-order valence-corrected chi connectivity index (χ4v) is 9.46. The summed E-state index contributed by atoms with van der Waals surface area (Å²) in [7, 11) is 0. The van der Waals surface area contributed by atoms with Crippen LogP contribution in [-0.4, -0.2) is 16.2 Å². The van der Waals surface area contributed by atoms with Crippen LogP contribution in [-0.2, 0) is 10.8 Å². The quantitative estimate of drug-likeness (QED) is 0.171. The lowest BCUT2D eigenvalue weighted by Gasteiger charge is -2.38. The van der Waals surface area contributed by atoms with Crippen LogP contribution >= 0.6 is 0 Å². The first-order valence-corrected chi connectivity index (χ1v) is 22.0. The Morgan fingerprint density at radius 1 is 0.484 bits per heavy atom. The summed E-state index contributed by atoms with van der Waals surface area (Å²) in [6.45, 7) is 14.0. The molecule has 0 bridgehead atoms. The molecule has 0 fully saturated rings. The van der Waals surface area contributed by atoms with E-state index < -0.39 is 0 Å². The van der Waals surface area contributed by atoms with Gasteiger partial charge in [-0.15, -0.1) is 0 Å². The molecule has 5 heterocycles. The standard InChI is InChI=1S/C56H47N5O3/c1-55(2,3)35-25-26-57-53(29-35)60-43-16-8-7-15-41(43)42-24-23-39(33-48(42)60)62-40-28-36(56(4,5)6)27-37(30-40)58-34-59(45-18-10-9-17-44(45)58)38-31-51-54-52(32-38)64-50-22-14-12-20-47(50)61(54)46-19-11-13-21-49(46)63-51/h7-33H,34H2,1-6H3. The van der Waals surface area contributed by atoms with E-state index in [-0.39, 0.29) is 10.8 Å². The molecule has 0 saturated carbocycles. The molecule has 0 aliphatic carbocycles. The second kappa shape index (κ2) is 13.9. The summed E-state index contributed by atoms with van der Waals surface area (Å²) in [5.41, 5.74) is 11.5. The zero-order valence-electron chi connectivity index (χ0n) is 36.8. The lowest BCUT2D eigenvalue weighted by Crippen LogP contribution is -2.25. The third kappa shape index (κ3) is 6.08. The first-order chi connectivity index (χ1) is 31.0. The first kappa shape index (κ1) is 38.0. The van der Waals surface area contributed by atoms with Gasteiger partial charge >= 0.3 is 0 Å². The van der Waals surface area contributed by atoms with Crippen molar-refractivity contribution in [1.29, 1.82) is 0 Å². The Balaban J connectivity index is 0.936. The number of anilines is 7. The molecular weight excluding hydrogens is 791 g/mol. The molecule has 7 aromatic carbocycles. The highest BCUT2D eigenvalue weighted by atomic mass is 16.5. The van der Waals surface area contributed by atoms with Crippen LogP contribution in [0, 0.1) is 0 Å². The van der Waals surface area contributed by atoms with Crippen molar-refractivity contribution >= 4 is 61.6 Å². The van der Waals surface area contributed by atoms with E-state index in [9.17, 15) is 0 Å². The molecule has 3 aliphatic rings. The van der Waals surface area contributed by atoms with Gasteiger partial charge in [-0.3, -0.25) is 9.47 Å². The second-order valence-electron chi connectivity index (χ2n) is 19.0. The zero-order valence-corrected chi connectivity index (χ0v) is 36.8. The number of rotatable bonds is 5. The lowest BCUT2D eigenvalue weighted by atomic mass is 9.86. The number of fused-ring (bicyclic) bond motifs is 8. The molecular formula is C56H47N5O3. The van der Waals surface area contributed by atoms with Crippen LogP contribution in [0.5, 0.6) is 34.5 Å². The van der Waals surface area contributed by atoms with E-state index in [4.69, 9.17) is 19.2 Å². The van der Waals surface area contributed by atoms with Crippen molar-refractivity contribution in [2.45, 2.75) is 52.4 Å². The highest BCUT2D eigenvalue weighted by molar-refractivity contribution is 6.09. The van der Waals surface area contributed by atoms with Crippen LogP contribution in [0.15, 0.2) is 164 Å². The minimum Gasteiger partial charge on any atom is -0.457 e. The van der Waals surface area contributed by atoms with E-state index in [1.54, 1.807) is 0 Å². The molecule has 8 heteroatoms. The Morgan fingerprint density at radius 3 is 1.72 bits per heavy atom. The summed E-state index contributed by atoms with van der Waals surface area (Å²) >= 11 is 0. The van der Waals surface area contributed by atoms with E-state index >= 15 is 0 Å². The van der Waals surface area contributed by atoms with Crippen molar-refractivity contribution in [2.75, 3.05) is 21.4 Å². The van der Waals surface area contributed by atoms with Gasteiger partial charge in [-0.2, -0.15) is 0 Å². The van der Waals surface area contributed by atoms with E-state index in [1.807, 2.05) is 42.6 Å². The van der Waals surface area contributed by atoms with Gasteiger partial charge < -0.3 is 24.0 Å². The smallest absolute Gasteiger partial charge is 0.157 e. The third-order valence-corrected chi connectivity index (χ3v) is 12.7. The van der Waals surface area contributed by atoms with Crippen molar-refractivity contribution in [3.8, 4) is 40.3 Å². The van der Waals surface area contributed by atoms with E-state index in [0.717, 1.165) is 96.5 Å². The SMILES string of the molecule is CC(C)(C)c1cc(Oc2ccc3c4ccccc4n(-c4cc(C(C)(C)C)ccn4)c3c2)cc(N2CN(c3cc4c5c(c3)Oc3ccccc3N5c3ccccc3O4)c3ccccc32)c1. The van der Waals surface area contributed by atoms with Crippen molar-refractivity contribution in [2.24, 2.45) is 0 Å². The minimum absolute atomic E-state index is 0.0194. The number of hydrogen-bond acceptors (Lipinski definition) is 7. The molecule has 0 radical (unpaired) electrons. The largest absolute Gasteiger partial charge is 0.457 e. The van der Waals surface area contributed by atoms with E-state index in [1.165, 1.54) is 16.5 Å². The normalized spacial score (nSPS) is 13.9. The maximum atomic E-state index is 6.94. The predicted molar refractivity (Wildman–Crippen MR) is 259 cm³/mol. The van der Waals surface area contributed by atoms with Gasteiger partial charge in [0.25, 0.3) is 0 Å². The number of ether oxygens (including phenoxy) is 3. The van der Waals surface area contributed by atoms with Gasteiger partial charge in [-0.25, -0.2) is 4.98 Å². The highest BCUT2D eigenvalue weighted by Crippen LogP contribution is 2.61. The maximum absolute atomic E-state index is 6.94. The van der Waals surface area contributed by atoms with Crippen LogP contribution < -0.4 is 28.9 Å². The summed E-state index contributed by atoms with van der Waals surface area (Å²) in [4.78, 5) is 11.9. The zero-order chi connectivity index (χ0) is 43.5. The molecule has 2 aromatic heterocycles. The van der Waals surface area contributed by atoms with Crippen LogP contribution in [0.3, 0.4) is 0 Å². The molecule has 9 aromatic rings. The Bertz CT molecular complexity index is 3290. The Morgan fingerprint density at radius 2 is 1.06 bits per heavy atom. The van der Waals surface area contributed by atoms with Gasteiger partial charge in [0.05, 0.1) is 39.5 Å². The van der Waals surface area contributed by atoms with Gasteiger partial charge in [0.15, 0.2) is 23.0 Å². The van der Waals surface area contributed by atoms with Crippen LogP contribution in [0.2, 0.25) is 0 Å². The molecule has 0 saturated heterocycles. The average Bonchev–Trinajstić information content (AvgIpc) is 3.84. The third-order valence-electron chi connectivity index (χ3n) is 12.7. The Kier molecular flexibility index (Phi) is 8.25. The van der Waals surface area contributed by atoms with Crippen LogP contribution in [0.1, 0.15) is 52.7 Å². The number of hydrogen-bond donors (Lipinski definition) is 0. The summed E-state index contributed by atoms with van der Waals surface area (Å²) in [6, 6.07) is 55.2. The summed E-state index contributed by atoms with van der Waals surface area (Å²) in [5.74, 6) is 5.51. The average molecular weight is 838 g/mol. The van der Waals surface area contributed by atoms with Gasteiger partial charge in [0, 0.05) is 46.9 Å². The van der Waals surface area contributed by atoms with Gasteiger partial charge in [-0.1, -0.05) is 96.1 Å². The molecule has 0 atom stereocenters. The molecule has 314 valence electrons. The minimum atomic E-state index is -0.151. The molecule has 0 spiro atoms.